The number of hydrogen-bond acceptors (Lipinski definition) is 2. The van der Waals surface area contributed by atoms with Crippen molar-refractivity contribution in [2.45, 2.75) is 13.1 Å². The average Bonchev–Trinajstić information content (AvgIpc) is 2.46. The molecular formula is C9H12N2. The van der Waals surface area contributed by atoms with Crippen LogP contribution in [0.2, 0.25) is 0 Å². The van der Waals surface area contributed by atoms with Crippen LogP contribution in [0.15, 0.2) is 24.3 Å². The number of nitrogens with zero attached hydrogens (tertiary/aromatic N) is 1. The van der Waals surface area contributed by atoms with Gasteiger partial charge in [-0.15, -0.1) is 0 Å². The van der Waals surface area contributed by atoms with Gasteiger partial charge in [-0.1, -0.05) is 24.3 Å². The van der Waals surface area contributed by atoms with E-state index in [1.807, 2.05) is 0 Å². The smallest absolute Gasteiger partial charge is 0.0462 e. The lowest BCUT2D eigenvalue weighted by Gasteiger charge is -2.09. The third-order valence-corrected chi connectivity index (χ3v) is 2.16. The van der Waals surface area contributed by atoms with Gasteiger partial charge < -0.3 is 5.73 Å². The molecule has 0 atom stereocenters. The van der Waals surface area contributed by atoms with Crippen LogP contribution in [0.25, 0.3) is 0 Å². The van der Waals surface area contributed by atoms with Crippen LogP contribution < -0.4 is 5.73 Å². The summed E-state index contributed by atoms with van der Waals surface area (Å²) < 4.78 is 0. The highest BCUT2D eigenvalue weighted by atomic mass is 15.2. The first kappa shape index (κ1) is 6.83. The first-order valence-electron chi connectivity index (χ1n) is 3.89. The summed E-state index contributed by atoms with van der Waals surface area (Å²) in [6.07, 6.45) is 0. The van der Waals surface area contributed by atoms with Crippen molar-refractivity contribution in [2.24, 2.45) is 5.73 Å². The van der Waals surface area contributed by atoms with E-state index in [0.717, 1.165) is 13.1 Å². The standard InChI is InChI=1S/C9H12N2/c10-7-11-5-8-3-1-2-4-9(8)6-11/h1-4H,5-7,10H2. The van der Waals surface area contributed by atoms with E-state index >= 15 is 0 Å². The summed E-state index contributed by atoms with van der Waals surface area (Å²) in [5, 5.41) is 0. The van der Waals surface area contributed by atoms with Gasteiger partial charge in [-0.25, -0.2) is 0 Å². The minimum Gasteiger partial charge on any atom is -0.318 e. The summed E-state index contributed by atoms with van der Waals surface area (Å²) >= 11 is 0. The molecule has 0 aliphatic carbocycles. The summed E-state index contributed by atoms with van der Waals surface area (Å²) in [5.74, 6) is 0. The molecule has 2 rings (SSSR count). The molecule has 0 fully saturated rings. The topological polar surface area (TPSA) is 29.3 Å². The summed E-state index contributed by atoms with van der Waals surface area (Å²) in [6, 6.07) is 8.51. The van der Waals surface area contributed by atoms with Crippen LogP contribution >= 0.6 is 0 Å². The van der Waals surface area contributed by atoms with Crippen LogP contribution in [0.4, 0.5) is 0 Å². The van der Waals surface area contributed by atoms with Gasteiger partial charge in [0.15, 0.2) is 0 Å². The fraction of sp³-hybridized carbons (Fsp3) is 0.333. The van der Waals surface area contributed by atoms with Crippen molar-refractivity contribution in [3.05, 3.63) is 35.4 Å². The van der Waals surface area contributed by atoms with Gasteiger partial charge in [0.05, 0.1) is 0 Å². The van der Waals surface area contributed by atoms with E-state index in [0.29, 0.717) is 6.67 Å². The first-order valence-corrected chi connectivity index (χ1v) is 3.89. The molecule has 0 bridgehead atoms. The molecule has 0 unspecified atom stereocenters. The van der Waals surface area contributed by atoms with Crippen molar-refractivity contribution in [3.63, 3.8) is 0 Å². The molecule has 1 aromatic carbocycles. The quantitative estimate of drug-likeness (QED) is 0.641. The Kier molecular flexibility index (Phi) is 1.64. The van der Waals surface area contributed by atoms with Crippen LogP contribution in [-0.2, 0) is 13.1 Å². The summed E-state index contributed by atoms with van der Waals surface area (Å²) in [6.45, 7) is 2.70. The highest BCUT2D eigenvalue weighted by Crippen LogP contribution is 2.20. The molecule has 0 radical (unpaired) electrons. The fourth-order valence-corrected chi connectivity index (χ4v) is 1.53. The van der Waals surface area contributed by atoms with Crippen LogP contribution in [0, 0.1) is 0 Å². The predicted octanol–water partition coefficient (Wildman–Crippen LogP) is 0.918. The first-order chi connectivity index (χ1) is 5.40. The van der Waals surface area contributed by atoms with Crippen molar-refractivity contribution >= 4 is 0 Å². The fourth-order valence-electron chi connectivity index (χ4n) is 1.53. The lowest BCUT2D eigenvalue weighted by molar-refractivity contribution is 0.293. The minimum absolute atomic E-state index is 0.661. The van der Waals surface area contributed by atoms with Gasteiger partial charge in [0.2, 0.25) is 0 Å². The Bertz CT molecular complexity index is 232. The van der Waals surface area contributed by atoms with E-state index < -0.39 is 0 Å². The zero-order valence-corrected chi connectivity index (χ0v) is 6.46. The number of fused-ring (bicyclic) bond motifs is 1. The Morgan fingerprint density at radius 3 is 2.18 bits per heavy atom. The van der Waals surface area contributed by atoms with Crippen molar-refractivity contribution in [3.8, 4) is 0 Å². The normalized spacial score (nSPS) is 16.8. The maximum Gasteiger partial charge on any atom is 0.0462 e. The van der Waals surface area contributed by atoms with Gasteiger partial charge in [-0.3, -0.25) is 4.90 Å². The number of hydrogen-bond donors (Lipinski definition) is 1. The van der Waals surface area contributed by atoms with Crippen molar-refractivity contribution in [1.29, 1.82) is 0 Å². The van der Waals surface area contributed by atoms with Gasteiger partial charge in [-0.05, 0) is 11.1 Å². The molecule has 1 aromatic rings. The van der Waals surface area contributed by atoms with E-state index in [9.17, 15) is 0 Å². The molecular weight excluding hydrogens is 136 g/mol. The van der Waals surface area contributed by atoms with Crippen LogP contribution in [0.5, 0.6) is 0 Å². The molecule has 0 saturated heterocycles. The molecule has 0 saturated carbocycles. The Hall–Kier alpha value is -0.860. The highest BCUT2D eigenvalue weighted by Gasteiger charge is 2.15. The van der Waals surface area contributed by atoms with Crippen LogP contribution in [0.3, 0.4) is 0 Å². The van der Waals surface area contributed by atoms with Gasteiger partial charge in [-0.2, -0.15) is 0 Å². The summed E-state index contributed by atoms with van der Waals surface area (Å²) in [7, 11) is 0. The molecule has 1 aliphatic heterocycles. The third kappa shape index (κ3) is 1.15. The molecule has 1 heterocycles. The van der Waals surface area contributed by atoms with E-state index in [1.165, 1.54) is 11.1 Å². The molecule has 58 valence electrons. The molecule has 2 nitrogen and oxygen atoms in total. The molecule has 11 heavy (non-hydrogen) atoms. The monoisotopic (exact) mass is 148 g/mol. The molecule has 0 spiro atoms. The second kappa shape index (κ2) is 2.64. The largest absolute Gasteiger partial charge is 0.318 e. The average molecular weight is 148 g/mol. The lowest BCUT2D eigenvalue weighted by Crippen LogP contribution is -2.23. The lowest BCUT2D eigenvalue weighted by atomic mass is 10.1. The van der Waals surface area contributed by atoms with Crippen molar-refractivity contribution in [2.75, 3.05) is 6.67 Å². The van der Waals surface area contributed by atoms with E-state index in [-0.39, 0.29) is 0 Å². The Balaban J connectivity index is 2.27. The molecule has 1 aliphatic rings. The second-order valence-corrected chi connectivity index (χ2v) is 2.94. The number of nitrogens with two attached hydrogens (primary N) is 1. The Morgan fingerprint density at radius 1 is 1.18 bits per heavy atom. The molecule has 2 N–H and O–H groups in total. The van der Waals surface area contributed by atoms with Gasteiger partial charge in [0.25, 0.3) is 0 Å². The maximum atomic E-state index is 5.54. The zero-order chi connectivity index (χ0) is 7.68. The van der Waals surface area contributed by atoms with E-state index in [4.69, 9.17) is 5.73 Å². The molecule has 2 heteroatoms. The third-order valence-electron chi connectivity index (χ3n) is 2.16. The van der Waals surface area contributed by atoms with Crippen LogP contribution in [0.1, 0.15) is 11.1 Å². The van der Waals surface area contributed by atoms with Gasteiger partial charge >= 0.3 is 0 Å². The summed E-state index contributed by atoms with van der Waals surface area (Å²) in [4.78, 5) is 2.23. The highest BCUT2D eigenvalue weighted by molar-refractivity contribution is 5.29. The number of benzene rings is 1. The second-order valence-electron chi connectivity index (χ2n) is 2.94. The van der Waals surface area contributed by atoms with E-state index in [1.54, 1.807) is 0 Å². The minimum atomic E-state index is 0.661. The summed E-state index contributed by atoms with van der Waals surface area (Å²) in [5.41, 5.74) is 8.40. The molecule has 0 amide bonds. The Labute approximate surface area is 66.6 Å². The van der Waals surface area contributed by atoms with Crippen LogP contribution in [-0.4, -0.2) is 11.6 Å². The zero-order valence-electron chi connectivity index (χ0n) is 6.46. The molecule has 0 aromatic heterocycles. The van der Waals surface area contributed by atoms with E-state index in [2.05, 4.69) is 29.2 Å². The van der Waals surface area contributed by atoms with Crippen molar-refractivity contribution in [1.82, 2.24) is 4.90 Å². The SMILES string of the molecule is NCN1Cc2ccccc2C1. The van der Waals surface area contributed by atoms with Gasteiger partial charge in [0, 0.05) is 19.8 Å². The Morgan fingerprint density at radius 2 is 1.73 bits per heavy atom. The van der Waals surface area contributed by atoms with Crippen molar-refractivity contribution < 1.29 is 0 Å². The predicted molar refractivity (Wildman–Crippen MR) is 44.7 cm³/mol. The maximum absolute atomic E-state index is 5.54. The number of rotatable bonds is 1. The van der Waals surface area contributed by atoms with Gasteiger partial charge in [0.1, 0.15) is 0 Å².